The van der Waals surface area contributed by atoms with E-state index in [1.165, 1.54) is 6.07 Å². The topological polar surface area (TPSA) is 32.3 Å². The molecule has 22 heavy (non-hydrogen) atoms. The van der Waals surface area contributed by atoms with E-state index in [1.807, 2.05) is 30.3 Å². The summed E-state index contributed by atoms with van der Waals surface area (Å²) in [7, 11) is 0. The SMILES string of the molecule is O=C(CNc1ccccc1)N(Cc1ccccc1F)C1CC1. The normalized spacial score (nSPS) is 13.7. The monoisotopic (exact) mass is 298 g/mol. The van der Waals surface area contributed by atoms with Gasteiger partial charge in [0.2, 0.25) is 5.91 Å². The van der Waals surface area contributed by atoms with E-state index in [4.69, 9.17) is 0 Å². The molecule has 4 heteroatoms. The highest BCUT2D eigenvalue weighted by Crippen LogP contribution is 2.29. The van der Waals surface area contributed by atoms with Crippen LogP contribution in [0.2, 0.25) is 0 Å². The maximum absolute atomic E-state index is 13.8. The zero-order chi connectivity index (χ0) is 15.4. The standard InChI is InChI=1S/C18H19FN2O/c19-17-9-5-4-6-14(17)13-21(16-10-11-16)18(22)12-20-15-7-2-1-3-8-15/h1-9,16,20H,10-13H2. The number of rotatable bonds is 6. The molecule has 2 aromatic rings. The van der Waals surface area contributed by atoms with Gasteiger partial charge in [-0.05, 0) is 31.0 Å². The van der Waals surface area contributed by atoms with Crippen LogP contribution in [0.25, 0.3) is 0 Å². The second kappa shape index (κ2) is 6.60. The van der Waals surface area contributed by atoms with Gasteiger partial charge >= 0.3 is 0 Å². The molecule has 0 aromatic heterocycles. The summed E-state index contributed by atoms with van der Waals surface area (Å²) < 4.78 is 13.8. The van der Waals surface area contributed by atoms with Gasteiger partial charge in [-0.25, -0.2) is 4.39 Å². The van der Waals surface area contributed by atoms with Crippen molar-refractivity contribution in [2.45, 2.75) is 25.4 Å². The summed E-state index contributed by atoms with van der Waals surface area (Å²) in [5, 5.41) is 3.12. The van der Waals surface area contributed by atoms with Crippen molar-refractivity contribution in [2.24, 2.45) is 0 Å². The van der Waals surface area contributed by atoms with E-state index in [9.17, 15) is 9.18 Å². The zero-order valence-electron chi connectivity index (χ0n) is 12.3. The first-order valence-corrected chi connectivity index (χ1v) is 7.56. The summed E-state index contributed by atoms with van der Waals surface area (Å²) in [6.07, 6.45) is 2.01. The molecule has 1 fully saturated rings. The lowest BCUT2D eigenvalue weighted by molar-refractivity contribution is -0.130. The fourth-order valence-corrected chi connectivity index (χ4v) is 2.45. The van der Waals surface area contributed by atoms with Gasteiger partial charge in [-0.2, -0.15) is 0 Å². The van der Waals surface area contributed by atoms with Crippen LogP contribution in [-0.2, 0) is 11.3 Å². The molecule has 1 aliphatic carbocycles. The van der Waals surface area contributed by atoms with E-state index in [0.717, 1.165) is 18.5 Å². The molecule has 0 atom stereocenters. The molecule has 0 unspecified atom stereocenters. The van der Waals surface area contributed by atoms with Crippen LogP contribution >= 0.6 is 0 Å². The lowest BCUT2D eigenvalue weighted by Gasteiger charge is -2.23. The average Bonchev–Trinajstić information content (AvgIpc) is 3.37. The number of nitrogens with one attached hydrogen (secondary N) is 1. The quantitative estimate of drug-likeness (QED) is 0.886. The maximum atomic E-state index is 13.8. The van der Waals surface area contributed by atoms with Crippen LogP contribution in [0.5, 0.6) is 0 Å². The molecule has 0 aliphatic heterocycles. The van der Waals surface area contributed by atoms with Crippen molar-refractivity contribution in [2.75, 3.05) is 11.9 Å². The summed E-state index contributed by atoms with van der Waals surface area (Å²) in [6.45, 7) is 0.571. The highest BCUT2D eigenvalue weighted by atomic mass is 19.1. The van der Waals surface area contributed by atoms with Crippen LogP contribution in [0.3, 0.4) is 0 Å². The molecule has 0 saturated heterocycles. The van der Waals surface area contributed by atoms with Crippen molar-refractivity contribution in [1.29, 1.82) is 0 Å². The highest BCUT2D eigenvalue weighted by Gasteiger charge is 2.32. The second-order valence-electron chi connectivity index (χ2n) is 5.56. The summed E-state index contributed by atoms with van der Waals surface area (Å²) >= 11 is 0. The van der Waals surface area contributed by atoms with Crippen LogP contribution in [0.15, 0.2) is 54.6 Å². The van der Waals surface area contributed by atoms with E-state index in [-0.39, 0.29) is 24.3 Å². The van der Waals surface area contributed by atoms with E-state index in [2.05, 4.69) is 5.32 Å². The Morgan fingerprint density at radius 3 is 2.45 bits per heavy atom. The Morgan fingerprint density at radius 2 is 1.77 bits per heavy atom. The average molecular weight is 298 g/mol. The number of benzene rings is 2. The molecule has 2 aromatic carbocycles. The third-order valence-corrected chi connectivity index (χ3v) is 3.82. The molecule has 1 N–H and O–H groups in total. The van der Waals surface area contributed by atoms with Crippen molar-refractivity contribution < 1.29 is 9.18 Å². The van der Waals surface area contributed by atoms with Crippen molar-refractivity contribution in [3.05, 3.63) is 66.0 Å². The minimum atomic E-state index is -0.253. The molecule has 1 aliphatic rings. The number of anilines is 1. The Kier molecular flexibility index (Phi) is 4.37. The number of halogens is 1. The first-order valence-electron chi connectivity index (χ1n) is 7.56. The third kappa shape index (κ3) is 3.64. The number of para-hydroxylation sites is 1. The Bertz CT molecular complexity index is 641. The fraction of sp³-hybridized carbons (Fsp3) is 0.278. The second-order valence-corrected chi connectivity index (χ2v) is 5.56. The first kappa shape index (κ1) is 14.6. The number of carbonyl (C=O) groups is 1. The molecule has 3 rings (SSSR count). The number of amides is 1. The van der Waals surface area contributed by atoms with Crippen molar-refractivity contribution in [1.82, 2.24) is 4.90 Å². The molecule has 0 spiro atoms. The number of carbonyl (C=O) groups excluding carboxylic acids is 1. The van der Waals surface area contributed by atoms with Gasteiger partial charge in [0.05, 0.1) is 6.54 Å². The Balaban J connectivity index is 1.64. The van der Waals surface area contributed by atoms with Gasteiger partial charge < -0.3 is 10.2 Å². The molecule has 0 bridgehead atoms. The number of hydrogen-bond acceptors (Lipinski definition) is 2. The molecule has 0 heterocycles. The van der Waals surface area contributed by atoms with Crippen molar-refractivity contribution >= 4 is 11.6 Å². The smallest absolute Gasteiger partial charge is 0.242 e. The zero-order valence-corrected chi connectivity index (χ0v) is 12.3. The fourth-order valence-electron chi connectivity index (χ4n) is 2.45. The molecule has 3 nitrogen and oxygen atoms in total. The molecular formula is C18H19FN2O. The van der Waals surface area contributed by atoms with Crippen LogP contribution in [0.4, 0.5) is 10.1 Å². The van der Waals surface area contributed by atoms with Gasteiger partial charge in [0.25, 0.3) is 0 Å². The molecular weight excluding hydrogens is 279 g/mol. The van der Waals surface area contributed by atoms with Gasteiger partial charge in [0.1, 0.15) is 5.82 Å². The van der Waals surface area contributed by atoms with E-state index >= 15 is 0 Å². The Labute approximate surface area is 129 Å². The van der Waals surface area contributed by atoms with Gasteiger partial charge in [0, 0.05) is 23.8 Å². The molecule has 1 amide bonds. The molecule has 114 valence electrons. The molecule has 0 radical (unpaired) electrons. The van der Waals surface area contributed by atoms with Crippen LogP contribution < -0.4 is 5.32 Å². The van der Waals surface area contributed by atoms with Crippen molar-refractivity contribution in [3.63, 3.8) is 0 Å². The summed E-state index contributed by atoms with van der Waals surface area (Å²) in [6, 6.07) is 16.5. The lowest BCUT2D eigenvalue weighted by atomic mass is 10.2. The van der Waals surface area contributed by atoms with E-state index in [1.54, 1.807) is 23.1 Å². The predicted octanol–water partition coefficient (Wildman–Crippen LogP) is 3.43. The number of nitrogens with zero attached hydrogens (tertiary/aromatic N) is 1. The predicted molar refractivity (Wildman–Crippen MR) is 84.9 cm³/mol. The summed E-state index contributed by atoms with van der Waals surface area (Å²) in [5.74, 6) is -0.244. The summed E-state index contributed by atoms with van der Waals surface area (Å²) in [5.41, 5.74) is 1.49. The number of hydrogen-bond donors (Lipinski definition) is 1. The Morgan fingerprint density at radius 1 is 1.09 bits per heavy atom. The molecule has 1 saturated carbocycles. The first-order chi connectivity index (χ1) is 10.7. The van der Waals surface area contributed by atoms with E-state index in [0.29, 0.717) is 12.1 Å². The minimum absolute atomic E-state index is 0.00889. The third-order valence-electron chi connectivity index (χ3n) is 3.82. The summed E-state index contributed by atoms with van der Waals surface area (Å²) in [4.78, 5) is 14.2. The van der Waals surface area contributed by atoms with Gasteiger partial charge in [0.15, 0.2) is 0 Å². The van der Waals surface area contributed by atoms with Gasteiger partial charge in [-0.3, -0.25) is 4.79 Å². The van der Waals surface area contributed by atoms with Crippen molar-refractivity contribution in [3.8, 4) is 0 Å². The minimum Gasteiger partial charge on any atom is -0.376 e. The van der Waals surface area contributed by atoms with Gasteiger partial charge in [-0.1, -0.05) is 36.4 Å². The van der Waals surface area contributed by atoms with E-state index < -0.39 is 0 Å². The Hall–Kier alpha value is -2.36. The van der Waals surface area contributed by atoms with Crippen LogP contribution in [0, 0.1) is 5.82 Å². The van der Waals surface area contributed by atoms with Crippen LogP contribution in [-0.4, -0.2) is 23.4 Å². The largest absolute Gasteiger partial charge is 0.376 e. The van der Waals surface area contributed by atoms with Crippen LogP contribution in [0.1, 0.15) is 18.4 Å². The highest BCUT2D eigenvalue weighted by molar-refractivity contribution is 5.81. The lowest BCUT2D eigenvalue weighted by Crippen LogP contribution is -2.37. The maximum Gasteiger partial charge on any atom is 0.242 e. The van der Waals surface area contributed by atoms with Gasteiger partial charge in [-0.15, -0.1) is 0 Å².